The van der Waals surface area contributed by atoms with E-state index < -0.39 is 0 Å². The summed E-state index contributed by atoms with van der Waals surface area (Å²) in [6.07, 6.45) is 3.47. The Morgan fingerprint density at radius 2 is 2.38 bits per heavy atom. The van der Waals surface area contributed by atoms with Gasteiger partial charge in [-0.3, -0.25) is 10.1 Å². The first-order valence-electron chi connectivity index (χ1n) is 4.33. The number of nitrogens with zero attached hydrogens (tertiary/aromatic N) is 2. The first-order valence-corrected chi connectivity index (χ1v) is 4.33. The molecule has 0 radical (unpaired) electrons. The van der Waals surface area contributed by atoms with Gasteiger partial charge in [-0.05, 0) is 25.1 Å². The molecule has 1 aromatic heterocycles. The Bertz CT molecular complexity index is 398. The molecule has 0 amide bonds. The Morgan fingerprint density at radius 3 is 2.92 bits per heavy atom. The van der Waals surface area contributed by atoms with E-state index in [1.807, 2.05) is 0 Å². The number of nitrogens with one attached hydrogen (secondary N) is 1. The molecule has 0 aliphatic carbocycles. The van der Waals surface area contributed by atoms with Gasteiger partial charge in [-0.15, -0.1) is 0 Å². The van der Waals surface area contributed by atoms with Crippen LogP contribution in [0.1, 0.15) is 20.8 Å². The Hall–Kier alpha value is -1.38. The number of H-pyrrole nitrogens is 1. The van der Waals surface area contributed by atoms with Gasteiger partial charge in [0.05, 0.1) is 11.5 Å². The predicted octanol–water partition coefficient (Wildman–Crippen LogP) is 0.675. The van der Waals surface area contributed by atoms with E-state index in [2.05, 4.69) is 42.7 Å². The molecule has 0 spiro atoms. The van der Waals surface area contributed by atoms with Crippen LogP contribution in [-0.2, 0) is 0 Å². The summed E-state index contributed by atoms with van der Waals surface area (Å²) >= 11 is 0. The van der Waals surface area contributed by atoms with Crippen LogP contribution in [0.2, 0.25) is 0 Å². The fourth-order valence-electron chi connectivity index (χ4n) is 1.10. The van der Waals surface area contributed by atoms with E-state index in [9.17, 15) is 0 Å². The first-order chi connectivity index (χ1) is 6.16. The maximum atomic E-state index is 3.98. The smallest absolute Gasteiger partial charge is 0.0657 e. The van der Waals surface area contributed by atoms with Crippen LogP contribution in [0.25, 0.3) is 11.8 Å². The molecule has 3 heteroatoms. The maximum absolute atomic E-state index is 3.98. The Balaban J connectivity index is 3.45. The number of aromatic amines is 1. The molecule has 0 aliphatic rings. The van der Waals surface area contributed by atoms with E-state index >= 15 is 0 Å². The molecule has 0 bridgehead atoms. The largest absolute Gasteiger partial charge is 0.278 e. The lowest BCUT2D eigenvalue weighted by atomic mass is 10.1. The minimum absolute atomic E-state index is 0.511. The van der Waals surface area contributed by atoms with Crippen LogP contribution in [0.3, 0.4) is 0 Å². The van der Waals surface area contributed by atoms with Crippen molar-refractivity contribution in [1.82, 2.24) is 10.2 Å². The Kier molecular flexibility index (Phi) is 3.01. The van der Waals surface area contributed by atoms with Crippen molar-refractivity contribution in [2.24, 2.45) is 10.9 Å². The number of rotatable bonds is 2. The lowest BCUT2D eigenvalue weighted by molar-refractivity contribution is 0.832. The molecular formula is C10H15N3. The molecular weight excluding hydrogens is 162 g/mol. The zero-order valence-electron chi connectivity index (χ0n) is 8.33. The van der Waals surface area contributed by atoms with E-state index in [1.54, 1.807) is 12.4 Å². The highest BCUT2D eigenvalue weighted by molar-refractivity contribution is 5.44. The van der Waals surface area contributed by atoms with Gasteiger partial charge in [0.25, 0.3) is 0 Å². The molecule has 0 fully saturated rings. The summed E-state index contributed by atoms with van der Waals surface area (Å²) in [5, 5.41) is 9.00. The molecule has 0 atom stereocenters. The number of aromatic nitrogens is 2. The molecule has 3 nitrogen and oxygen atoms in total. The van der Waals surface area contributed by atoms with Gasteiger partial charge in [0, 0.05) is 11.4 Å². The van der Waals surface area contributed by atoms with Gasteiger partial charge in [-0.2, -0.15) is 5.10 Å². The van der Waals surface area contributed by atoms with Gasteiger partial charge in [0.15, 0.2) is 0 Å². The number of aliphatic imine (C=N–C) groups is 1. The van der Waals surface area contributed by atoms with E-state index in [0.717, 1.165) is 10.6 Å². The van der Waals surface area contributed by atoms with Gasteiger partial charge < -0.3 is 0 Å². The van der Waals surface area contributed by atoms with Crippen molar-refractivity contribution in [3.8, 4) is 0 Å². The van der Waals surface area contributed by atoms with Gasteiger partial charge in [0.1, 0.15) is 0 Å². The molecule has 1 N–H and O–H groups in total. The third-order valence-electron chi connectivity index (χ3n) is 2.16. The summed E-state index contributed by atoms with van der Waals surface area (Å²) in [5.74, 6) is 0.511. The highest BCUT2D eigenvalue weighted by atomic mass is 15.1. The fourth-order valence-corrected chi connectivity index (χ4v) is 1.10. The molecule has 1 heterocycles. The molecule has 0 saturated heterocycles. The van der Waals surface area contributed by atoms with Crippen LogP contribution in [0, 0.1) is 5.92 Å². The van der Waals surface area contributed by atoms with Crippen LogP contribution in [0.5, 0.6) is 0 Å². The van der Waals surface area contributed by atoms with Crippen LogP contribution >= 0.6 is 0 Å². The van der Waals surface area contributed by atoms with Crippen LogP contribution in [0.4, 0.5) is 0 Å². The van der Waals surface area contributed by atoms with Gasteiger partial charge in [-0.25, -0.2) is 0 Å². The van der Waals surface area contributed by atoms with Gasteiger partial charge in [0.2, 0.25) is 0 Å². The molecule has 1 aromatic rings. The van der Waals surface area contributed by atoms with Crippen molar-refractivity contribution >= 4 is 18.5 Å². The molecule has 0 unspecified atom stereocenters. The van der Waals surface area contributed by atoms with Crippen molar-refractivity contribution in [1.29, 1.82) is 0 Å². The minimum atomic E-state index is 0.511. The number of hydrogen-bond acceptors (Lipinski definition) is 2. The molecule has 0 aliphatic heterocycles. The summed E-state index contributed by atoms with van der Waals surface area (Å²) in [4.78, 5) is 3.73. The van der Waals surface area contributed by atoms with Gasteiger partial charge in [-0.1, -0.05) is 13.8 Å². The maximum Gasteiger partial charge on any atom is 0.0657 e. The highest BCUT2D eigenvalue weighted by Gasteiger charge is 1.99. The second-order valence-corrected chi connectivity index (χ2v) is 3.35. The Morgan fingerprint density at radius 1 is 1.69 bits per heavy atom. The lowest BCUT2D eigenvalue weighted by Gasteiger charge is -2.01. The van der Waals surface area contributed by atoms with E-state index in [0.29, 0.717) is 5.92 Å². The van der Waals surface area contributed by atoms with Gasteiger partial charge >= 0.3 is 0 Å². The summed E-state index contributed by atoms with van der Waals surface area (Å²) in [6, 6.07) is 0. The van der Waals surface area contributed by atoms with Crippen molar-refractivity contribution in [3.63, 3.8) is 0 Å². The zero-order valence-corrected chi connectivity index (χ0v) is 8.33. The summed E-state index contributed by atoms with van der Waals surface area (Å²) in [6.45, 7) is 9.83. The van der Waals surface area contributed by atoms with Crippen molar-refractivity contribution < 1.29 is 0 Å². The van der Waals surface area contributed by atoms with Crippen LogP contribution < -0.4 is 10.6 Å². The van der Waals surface area contributed by atoms with Crippen molar-refractivity contribution in [3.05, 3.63) is 16.8 Å². The van der Waals surface area contributed by atoms with E-state index in [-0.39, 0.29) is 0 Å². The topological polar surface area (TPSA) is 41.0 Å². The standard InChI is InChI=1S/C10H15N3/c1-7(2)8(3)10-9(5-11-4)6-12-13-10/h5-7,13H,4H2,1-3H3/b9-5-,10-8-. The van der Waals surface area contributed by atoms with E-state index in [4.69, 9.17) is 0 Å². The van der Waals surface area contributed by atoms with Crippen LogP contribution in [0.15, 0.2) is 11.2 Å². The van der Waals surface area contributed by atoms with Crippen molar-refractivity contribution in [2.45, 2.75) is 20.8 Å². The van der Waals surface area contributed by atoms with Crippen LogP contribution in [-0.4, -0.2) is 16.9 Å². The SMILES string of the molecule is C=N/C=c1/cn[nH]/c1=C(/C)C(C)C. The average Bonchev–Trinajstić information content (AvgIpc) is 2.52. The molecule has 0 aromatic carbocycles. The molecule has 0 saturated carbocycles. The third kappa shape index (κ3) is 2.05. The number of hydrogen-bond donors (Lipinski definition) is 1. The quantitative estimate of drug-likeness (QED) is 0.663. The first kappa shape index (κ1) is 9.71. The second-order valence-electron chi connectivity index (χ2n) is 3.35. The van der Waals surface area contributed by atoms with E-state index in [1.165, 1.54) is 5.57 Å². The molecule has 13 heavy (non-hydrogen) atoms. The average molecular weight is 177 g/mol. The molecule has 70 valence electrons. The van der Waals surface area contributed by atoms with Crippen molar-refractivity contribution in [2.75, 3.05) is 0 Å². The minimum Gasteiger partial charge on any atom is -0.278 e. The summed E-state index contributed by atoms with van der Waals surface area (Å²) in [7, 11) is 0. The third-order valence-corrected chi connectivity index (χ3v) is 2.16. The predicted molar refractivity (Wildman–Crippen MR) is 55.8 cm³/mol. The zero-order chi connectivity index (χ0) is 9.84. The summed E-state index contributed by atoms with van der Waals surface area (Å²) < 4.78 is 0. The fraction of sp³-hybridized carbons (Fsp3) is 0.400. The second kappa shape index (κ2) is 4.03. The summed E-state index contributed by atoms with van der Waals surface area (Å²) in [5.41, 5.74) is 1.28. The highest BCUT2D eigenvalue weighted by Crippen LogP contribution is 2.04. The monoisotopic (exact) mass is 177 g/mol. The Labute approximate surface area is 77.9 Å². The lowest BCUT2D eigenvalue weighted by Crippen LogP contribution is -2.25. The molecule has 1 rings (SSSR count). The normalized spacial score (nSPS) is 14.9.